The molecule has 1 N–H and O–H groups in total. The number of thiophene rings is 1. The number of imide groups is 1. The number of anilines is 2. The predicted octanol–water partition coefficient (Wildman–Crippen LogP) is 4.12. The molecule has 1 aliphatic heterocycles. The van der Waals surface area contributed by atoms with Crippen molar-refractivity contribution in [2.45, 2.75) is 19.0 Å². The number of benzene rings is 2. The minimum atomic E-state index is -0.881. The van der Waals surface area contributed by atoms with E-state index in [2.05, 4.69) is 5.32 Å². The Morgan fingerprint density at radius 3 is 2.42 bits per heavy atom. The molecule has 1 saturated heterocycles. The number of carbonyl (C=O) groups is 3. The number of para-hydroxylation sites is 1. The van der Waals surface area contributed by atoms with Crippen LogP contribution in [-0.2, 0) is 16.1 Å². The van der Waals surface area contributed by atoms with Crippen LogP contribution in [0.5, 0.6) is 5.75 Å². The maximum Gasteiger partial charge on any atom is 0.332 e. The average Bonchev–Trinajstić information content (AvgIpc) is 3.37. The lowest BCUT2D eigenvalue weighted by molar-refractivity contribution is -0.124. The lowest BCUT2D eigenvalue weighted by atomic mass is 10.1. The van der Waals surface area contributed by atoms with Crippen LogP contribution in [0.15, 0.2) is 72.1 Å². The summed E-state index contributed by atoms with van der Waals surface area (Å²) in [5.41, 5.74) is 1.08. The third-order valence-electron chi connectivity index (χ3n) is 4.99. The standard InChI is InChI=1S/C23H21N3O4S/c1-30-18-11-9-16(10-12-18)24-21(27)14-20-22(28)26(17-6-3-2-4-7-17)23(29)25(20)15-19-8-5-13-31-19/h2-13,20H,14-15H2,1H3,(H,24,27)/t20-/m1/s1. The lowest BCUT2D eigenvalue weighted by Gasteiger charge is -2.21. The van der Waals surface area contributed by atoms with Gasteiger partial charge in [0.1, 0.15) is 11.8 Å². The highest BCUT2D eigenvalue weighted by Gasteiger charge is 2.46. The fourth-order valence-corrected chi connectivity index (χ4v) is 4.16. The summed E-state index contributed by atoms with van der Waals surface area (Å²) in [7, 11) is 1.57. The Hall–Kier alpha value is -3.65. The van der Waals surface area contributed by atoms with Crippen LogP contribution in [0.2, 0.25) is 0 Å². The number of carbonyl (C=O) groups excluding carboxylic acids is 3. The van der Waals surface area contributed by atoms with E-state index in [1.807, 2.05) is 23.6 Å². The minimum Gasteiger partial charge on any atom is -0.497 e. The van der Waals surface area contributed by atoms with Gasteiger partial charge in [0.05, 0.1) is 25.8 Å². The predicted molar refractivity (Wildman–Crippen MR) is 119 cm³/mol. The quantitative estimate of drug-likeness (QED) is 0.566. The van der Waals surface area contributed by atoms with Crippen LogP contribution < -0.4 is 15.0 Å². The fourth-order valence-electron chi connectivity index (χ4n) is 3.46. The third-order valence-corrected chi connectivity index (χ3v) is 5.85. The van der Waals surface area contributed by atoms with E-state index in [4.69, 9.17) is 4.74 Å². The molecule has 1 aliphatic rings. The van der Waals surface area contributed by atoms with Gasteiger partial charge in [-0.25, -0.2) is 9.69 Å². The molecule has 0 unspecified atom stereocenters. The Kier molecular flexibility index (Phi) is 5.99. The molecule has 8 heteroatoms. The summed E-state index contributed by atoms with van der Waals surface area (Å²) >= 11 is 1.50. The van der Waals surface area contributed by atoms with E-state index in [0.29, 0.717) is 17.1 Å². The Morgan fingerprint density at radius 2 is 1.77 bits per heavy atom. The van der Waals surface area contributed by atoms with Crippen LogP contribution in [0.3, 0.4) is 0 Å². The van der Waals surface area contributed by atoms with Gasteiger partial charge in [0.15, 0.2) is 0 Å². The maximum atomic E-state index is 13.2. The molecular formula is C23H21N3O4S. The monoisotopic (exact) mass is 435 g/mol. The number of nitrogens with one attached hydrogen (secondary N) is 1. The van der Waals surface area contributed by atoms with Gasteiger partial charge in [0, 0.05) is 10.6 Å². The maximum absolute atomic E-state index is 13.2. The van der Waals surface area contributed by atoms with Crippen molar-refractivity contribution >= 4 is 40.6 Å². The van der Waals surface area contributed by atoms with Crippen LogP contribution in [-0.4, -0.2) is 35.9 Å². The SMILES string of the molecule is COc1ccc(NC(=O)C[C@@H]2C(=O)N(c3ccccc3)C(=O)N2Cc2cccs2)cc1. The van der Waals surface area contributed by atoms with Crippen molar-refractivity contribution in [1.82, 2.24) is 4.90 Å². The molecule has 4 rings (SSSR count). The molecule has 3 aromatic rings. The Bertz CT molecular complexity index is 1070. The molecule has 2 aromatic carbocycles. The minimum absolute atomic E-state index is 0.134. The molecular weight excluding hydrogens is 414 g/mol. The molecule has 1 atom stereocenters. The number of hydrogen-bond donors (Lipinski definition) is 1. The van der Waals surface area contributed by atoms with Crippen LogP contribution in [0.1, 0.15) is 11.3 Å². The first-order chi connectivity index (χ1) is 15.1. The number of rotatable bonds is 7. The van der Waals surface area contributed by atoms with Crippen LogP contribution in [0.25, 0.3) is 0 Å². The highest BCUT2D eigenvalue weighted by atomic mass is 32.1. The first-order valence-electron chi connectivity index (χ1n) is 9.72. The molecule has 0 radical (unpaired) electrons. The number of nitrogens with zero attached hydrogens (tertiary/aromatic N) is 2. The topological polar surface area (TPSA) is 79.0 Å². The Morgan fingerprint density at radius 1 is 1.03 bits per heavy atom. The largest absolute Gasteiger partial charge is 0.497 e. The Balaban J connectivity index is 1.55. The van der Waals surface area contributed by atoms with Gasteiger partial charge in [-0.2, -0.15) is 0 Å². The van der Waals surface area contributed by atoms with Crippen molar-refractivity contribution in [2.24, 2.45) is 0 Å². The molecule has 1 fully saturated rings. The van der Waals surface area contributed by atoms with Gasteiger partial charge in [-0.15, -0.1) is 11.3 Å². The van der Waals surface area contributed by atoms with E-state index in [-0.39, 0.29) is 18.9 Å². The van der Waals surface area contributed by atoms with Gasteiger partial charge < -0.3 is 15.0 Å². The van der Waals surface area contributed by atoms with E-state index >= 15 is 0 Å². The normalized spacial score (nSPS) is 16.0. The number of methoxy groups -OCH3 is 1. The highest BCUT2D eigenvalue weighted by Crippen LogP contribution is 2.29. The first kappa shape index (κ1) is 20.6. The average molecular weight is 436 g/mol. The van der Waals surface area contributed by atoms with Crippen LogP contribution >= 0.6 is 11.3 Å². The molecule has 0 saturated carbocycles. The van der Waals surface area contributed by atoms with Crippen molar-refractivity contribution < 1.29 is 19.1 Å². The van der Waals surface area contributed by atoms with Crippen molar-refractivity contribution in [3.05, 3.63) is 77.0 Å². The summed E-state index contributed by atoms with van der Waals surface area (Å²) in [4.78, 5) is 42.6. The van der Waals surface area contributed by atoms with Gasteiger partial charge in [0.2, 0.25) is 5.91 Å². The summed E-state index contributed by atoms with van der Waals surface area (Å²) in [6, 6.07) is 18.2. The van der Waals surface area contributed by atoms with Gasteiger partial charge in [-0.3, -0.25) is 9.59 Å². The van der Waals surface area contributed by atoms with Gasteiger partial charge in [-0.1, -0.05) is 24.3 Å². The van der Waals surface area contributed by atoms with E-state index in [0.717, 1.165) is 9.78 Å². The first-order valence-corrected chi connectivity index (χ1v) is 10.6. The van der Waals surface area contributed by atoms with E-state index < -0.39 is 18.0 Å². The number of amides is 4. The lowest BCUT2D eigenvalue weighted by Crippen LogP contribution is -2.37. The summed E-state index contributed by atoms with van der Waals surface area (Å²) < 4.78 is 5.12. The van der Waals surface area contributed by atoms with Crippen LogP contribution in [0.4, 0.5) is 16.2 Å². The molecule has 158 valence electrons. The second-order valence-corrected chi connectivity index (χ2v) is 8.03. The van der Waals surface area contributed by atoms with Gasteiger partial charge in [0.25, 0.3) is 5.91 Å². The van der Waals surface area contributed by atoms with Gasteiger partial charge in [-0.05, 0) is 47.8 Å². The number of urea groups is 1. The molecule has 2 heterocycles. The molecule has 1 aromatic heterocycles. The zero-order valence-electron chi connectivity index (χ0n) is 16.9. The summed E-state index contributed by atoms with van der Waals surface area (Å²) in [6.45, 7) is 0.270. The van der Waals surface area contributed by atoms with Crippen molar-refractivity contribution in [2.75, 3.05) is 17.3 Å². The second-order valence-electron chi connectivity index (χ2n) is 7.00. The van der Waals surface area contributed by atoms with E-state index in [9.17, 15) is 14.4 Å². The molecule has 0 bridgehead atoms. The smallest absolute Gasteiger partial charge is 0.332 e. The van der Waals surface area contributed by atoms with Crippen molar-refractivity contribution in [1.29, 1.82) is 0 Å². The summed E-state index contributed by atoms with van der Waals surface area (Å²) in [5.74, 6) is -0.0739. The van der Waals surface area contributed by atoms with Crippen molar-refractivity contribution in [3.63, 3.8) is 0 Å². The zero-order chi connectivity index (χ0) is 21.8. The molecule has 4 amide bonds. The molecule has 31 heavy (non-hydrogen) atoms. The van der Waals surface area contributed by atoms with E-state index in [1.165, 1.54) is 16.2 Å². The zero-order valence-corrected chi connectivity index (χ0v) is 17.7. The summed E-state index contributed by atoms with van der Waals surface area (Å²) in [6.07, 6.45) is -0.134. The van der Waals surface area contributed by atoms with Crippen molar-refractivity contribution in [3.8, 4) is 5.75 Å². The summed E-state index contributed by atoms with van der Waals surface area (Å²) in [5, 5.41) is 4.70. The second kappa shape index (κ2) is 9.01. The molecule has 7 nitrogen and oxygen atoms in total. The van der Waals surface area contributed by atoms with Crippen LogP contribution in [0, 0.1) is 0 Å². The molecule has 0 aliphatic carbocycles. The van der Waals surface area contributed by atoms with E-state index in [1.54, 1.807) is 55.6 Å². The third kappa shape index (κ3) is 4.44. The van der Waals surface area contributed by atoms with Gasteiger partial charge >= 0.3 is 6.03 Å². The molecule has 0 spiro atoms. The Labute approximate surface area is 183 Å². The number of ether oxygens (including phenoxy) is 1. The number of hydrogen-bond acceptors (Lipinski definition) is 5. The highest BCUT2D eigenvalue weighted by molar-refractivity contribution is 7.09. The fraction of sp³-hybridized carbons (Fsp3) is 0.174.